The minimum atomic E-state index is -5.08. The molecule has 4 heterocycles. The standard InChI is InChI=1S/C15H16N6O.C2HF3O2/c22-14(11-10-16-6-7-17-11)20-8-2-13-12(20)3-9-21(13)15-18-4-1-5-19-15;3-2(4,5)1(6)7/h1,4-7,10,12-13H,2-3,8-9H2;(H,6,7)/t12-,13+;/m1./s1. The maximum Gasteiger partial charge on any atom is 0.490 e. The van der Waals surface area contributed by atoms with E-state index in [0.29, 0.717) is 11.7 Å². The van der Waals surface area contributed by atoms with Crippen molar-refractivity contribution in [2.45, 2.75) is 31.1 Å². The van der Waals surface area contributed by atoms with E-state index in [2.05, 4.69) is 24.8 Å². The first-order valence-electron chi connectivity index (χ1n) is 8.70. The quantitative estimate of drug-likeness (QED) is 0.791. The Kier molecular flexibility index (Phi) is 5.89. The predicted octanol–water partition coefficient (Wildman–Crippen LogP) is 1.39. The third-order valence-corrected chi connectivity index (χ3v) is 4.67. The molecule has 0 unspecified atom stereocenters. The largest absolute Gasteiger partial charge is 0.490 e. The minimum absolute atomic E-state index is 0.0311. The third kappa shape index (κ3) is 4.58. The van der Waals surface area contributed by atoms with Gasteiger partial charge < -0.3 is 14.9 Å². The summed E-state index contributed by atoms with van der Waals surface area (Å²) in [4.78, 5) is 42.4. The molecule has 1 N–H and O–H groups in total. The zero-order valence-electron chi connectivity index (χ0n) is 15.0. The Morgan fingerprint density at radius 1 is 1.00 bits per heavy atom. The number of likely N-dealkylation sites (tertiary alicyclic amines) is 1. The highest BCUT2D eigenvalue weighted by atomic mass is 19.4. The van der Waals surface area contributed by atoms with E-state index in [9.17, 15) is 18.0 Å². The van der Waals surface area contributed by atoms with Crippen molar-refractivity contribution in [2.24, 2.45) is 0 Å². The number of hydrogen-bond donors (Lipinski definition) is 1. The minimum Gasteiger partial charge on any atom is -0.475 e. The molecule has 2 aromatic heterocycles. The molecule has 154 valence electrons. The number of hydrogen-bond acceptors (Lipinski definition) is 7. The second-order valence-corrected chi connectivity index (χ2v) is 6.35. The number of fused-ring (bicyclic) bond motifs is 1. The van der Waals surface area contributed by atoms with Gasteiger partial charge in [-0.15, -0.1) is 0 Å². The van der Waals surface area contributed by atoms with Gasteiger partial charge in [-0.2, -0.15) is 13.2 Å². The van der Waals surface area contributed by atoms with Gasteiger partial charge in [0.05, 0.1) is 18.3 Å². The highest BCUT2D eigenvalue weighted by Crippen LogP contribution is 2.34. The summed E-state index contributed by atoms with van der Waals surface area (Å²) in [6.07, 6.45) is 4.97. The van der Waals surface area contributed by atoms with E-state index in [0.717, 1.165) is 31.9 Å². The Balaban J connectivity index is 0.000000298. The highest BCUT2D eigenvalue weighted by molar-refractivity contribution is 5.92. The summed E-state index contributed by atoms with van der Waals surface area (Å²) in [6, 6.07) is 2.32. The Morgan fingerprint density at radius 3 is 2.24 bits per heavy atom. The van der Waals surface area contributed by atoms with Crippen LogP contribution in [0.25, 0.3) is 0 Å². The summed E-state index contributed by atoms with van der Waals surface area (Å²) in [7, 11) is 0. The van der Waals surface area contributed by atoms with Crippen LogP contribution >= 0.6 is 0 Å². The molecule has 9 nitrogen and oxygen atoms in total. The van der Waals surface area contributed by atoms with E-state index in [1.54, 1.807) is 24.8 Å². The lowest BCUT2D eigenvalue weighted by atomic mass is 10.1. The van der Waals surface area contributed by atoms with Crippen molar-refractivity contribution in [2.75, 3.05) is 18.0 Å². The third-order valence-electron chi connectivity index (χ3n) is 4.67. The Morgan fingerprint density at radius 2 is 1.66 bits per heavy atom. The Bertz CT molecular complexity index is 852. The first kappa shape index (κ1) is 20.4. The number of aromatic nitrogens is 4. The summed E-state index contributed by atoms with van der Waals surface area (Å²) in [5, 5.41) is 7.12. The number of carboxylic acid groups (broad SMARTS) is 1. The number of amides is 1. The number of anilines is 1. The highest BCUT2D eigenvalue weighted by Gasteiger charge is 2.45. The molecule has 12 heteroatoms. The lowest BCUT2D eigenvalue weighted by Gasteiger charge is -2.25. The van der Waals surface area contributed by atoms with Crippen LogP contribution in [0.2, 0.25) is 0 Å². The van der Waals surface area contributed by atoms with Gasteiger partial charge >= 0.3 is 12.1 Å². The van der Waals surface area contributed by atoms with Gasteiger partial charge in [0.2, 0.25) is 5.95 Å². The van der Waals surface area contributed by atoms with Crippen LogP contribution in [0, 0.1) is 0 Å². The molecule has 2 aliphatic rings. The molecule has 2 fully saturated rings. The van der Waals surface area contributed by atoms with Crippen molar-refractivity contribution in [1.29, 1.82) is 0 Å². The molecule has 0 radical (unpaired) electrons. The normalized spacial score (nSPS) is 20.7. The van der Waals surface area contributed by atoms with Crippen LogP contribution in [-0.2, 0) is 4.79 Å². The lowest BCUT2D eigenvalue weighted by molar-refractivity contribution is -0.192. The van der Waals surface area contributed by atoms with Crippen LogP contribution in [0.3, 0.4) is 0 Å². The van der Waals surface area contributed by atoms with Crippen LogP contribution in [-0.4, -0.2) is 73.2 Å². The molecule has 0 aromatic carbocycles. The summed E-state index contributed by atoms with van der Waals surface area (Å²) in [6.45, 7) is 1.62. The molecule has 1 amide bonds. The fourth-order valence-corrected chi connectivity index (χ4v) is 3.48. The van der Waals surface area contributed by atoms with Crippen molar-refractivity contribution in [3.8, 4) is 0 Å². The predicted molar refractivity (Wildman–Crippen MR) is 92.9 cm³/mol. The average molecular weight is 410 g/mol. The Hall–Kier alpha value is -3.31. The van der Waals surface area contributed by atoms with E-state index in [1.165, 1.54) is 6.20 Å². The molecule has 0 saturated carbocycles. The summed E-state index contributed by atoms with van der Waals surface area (Å²) in [5.74, 6) is -2.03. The number of carbonyl (C=O) groups is 2. The molecule has 0 bridgehead atoms. The molecule has 0 aliphatic carbocycles. The lowest BCUT2D eigenvalue weighted by Crippen LogP contribution is -2.40. The number of carbonyl (C=O) groups excluding carboxylic acids is 1. The topological polar surface area (TPSA) is 112 Å². The zero-order valence-corrected chi connectivity index (χ0v) is 15.0. The van der Waals surface area contributed by atoms with E-state index >= 15 is 0 Å². The molecular formula is C17H17F3N6O3. The molecule has 2 saturated heterocycles. The van der Waals surface area contributed by atoms with E-state index in [4.69, 9.17) is 9.90 Å². The van der Waals surface area contributed by atoms with E-state index in [-0.39, 0.29) is 11.9 Å². The van der Waals surface area contributed by atoms with Crippen molar-refractivity contribution in [3.05, 3.63) is 42.7 Å². The van der Waals surface area contributed by atoms with Crippen LogP contribution < -0.4 is 4.90 Å². The van der Waals surface area contributed by atoms with Crippen LogP contribution in [0.15, 0.2) is 37.1 Å². The molecule has 29 heavy (non-hydrogen) atoms. The van der Waals surface area contributed by atoms with Gasteiger partial charge in [-0.05, 0) is 18.9 Å². The van der Waals surface area contributed by atoms with Crippen molar-refractivity contribution in [1.82, 2.24) is 24.8 Å². The summed E-state index contributed by atoms with van der Waals surface area (Å²) >= 11 is 0. The van der Waals surface area contributed by atoms with Crippen LogP contribution in [0.1, 0.15) is 23.3 Å². The van der Waals surface area contributed by atoms with Gasteiger partial charge in [-0.1, -0.05) is 0 Å². The first-order chi connectivity index (χ1) is 13.8. The molecule has 2 aliphatic heterocycles. The number of rotatable bonds is 2. The van der Waals surface area contributed by atoms with Gasteiger partial charge in [-0.25, -0.2) is 19.7 Å². The molecule has 2 atom stereocenters. The van der Waals surface area contributed by atoms with Gasteiger partial charge in [0.25, 0.3) is 5.91 Å². The van der Waals surface area contributed by atoms with Crippen LogP contribution in [0.4, 0.5) is 19.1 Å². The molecule has 2 aromatic rings. The first-order valence-corrected chi connectivity index (χ1v) is 8.70. The number of nitrogens with zero attached hydrogens (tertiary/aromatic N) is 6. The van der Waals surface area contributed by atoms with E-state index in [1.807, 2.05) is 11.0 Å². The van der Waals surface area contributed by atoms with Gasteiger partial charge in [-0.3, -0.25) is 9.78 Å². The van der Waals surface area contributed by atoms with Gasteiger partial charge in [0.15, 0.2) is 0 Å². The fourth-order valence-electron chi connectivity index (χ4n) is 3.48. The zero-order chi connectivity index (χ0) is 21.0. The van der Waals surface area contributed by atoms with Crippen molar-refractivity contribution >= 4 is 17.8 Å². The van der Waals surface area contributed by atoms with E-state index < -0.39 is 12.1 Å². The molecule has 4 rings (SSSR count). The maximum absolute atomic E-state index is 12.6. The Labute approximate surface area is 163 Å². The SMILES string of the molecule is O=C(O)C(F)(F)F.O=C(c1cnccn1)N1CC[C@H]2[C@H]1CCN2c1ncccn1. The van der Waals surface area contributed by atoms with Gasteiger partial charge in [0, 0.05) is 37.9 Å². The number of alkyl halides is 3. The second kappa shape index (κ2) is 8.37. The monoisotopic (exact) mass is 410 g/mol. The fraction of sp³-hybridized carbons (Fsp3) is 0.412. The maximum atomic E-state index is 12.6. The van der Waals surface area contributed by atoms with Crippen molar-refractivity contribution < 1.29 is 27.9 Å². The number of carboxylic acids is 1. The number of aliphatic carboxylic acids is 1. The summed E-state index contributed by atoms with van der Waals surface area (Å²) < 4.78 is 31.7. The summed E-state index contributed by atoms with van der Waals surface area (Å²) in [5.41, 5.74) is 0.414. The van der Waals surface area contributed by atoms with Crippen molar-refractivity contribution in [3.63, 3.8) is 0 Å². The molecular weight excluding hydrogens is 393 g/mol. The average Bonchev–Trinajstić information content (AvgIpc) is 3.31. The van der Waals surface area contributed by atoms with Gasteiger partial charge in [0.1, 0.15) is 5.69 Å². The second-order valence-electron chi connectivity index (χ2n) is 6.35. The van der Waals surface area contributed by atoms with Crippen LogP contribution in [0.5, 0.6) is 0 Å². The number of halogens is 3. The molecule has 0 spiro atoms. The smallest absolute Gasteiger partial charge is 0.475 e.